The Morgan fingerprint density at radius 2 is 0.922 bits per heavy atom. The second kappa shape index (κ2) is 12.1. The predicted molar refractivity (Wildman–Crippen MR) is 223 cm³/mol. The molecule has 8 aromatic carbocycles. The van der Waals surface area contributed by atoms with Gasteiger partial charge in [-0.25, -0.2) is 0 Å². The summed E-state index contributed by atoms with van der Waals surface area (Å²) >= 11 is 1.89. The zero-order valence-electron chi connectivity index (χ0n) is 27.9. The predicted octanol–water partition coefficient (Wildman–Crippen LogP) is 10.2. The summed E-state index contributed by atoms with van der Waals surface area (Å²) < 4.78 is 5.09. The molecule has 3 heteroatoms. The highest BCUT2D eigenvalue weighted by molar-refractivity contribution is 7.26. The third-order valence-corrected chi connectivity index (χ3v) is 16.6. The third kappa shape index (κ3) is 4.66. The van der Waals surface area contributed by atoms with Crippen LogP contribution in [-0.4, -0.2) is 12.6 Å². The van der Waals surface area contributed by atoms with Gasteiger partial charge in [-0.05, 0) is 62.2 Å². The molecule has 2 heterocycles. The molecule has 0 spiro atoms. The zero-order chi connectivity index (χ0) is 33.8. The van der Waals surface area contributed by atoms with Crippen LogP contribution in [0.5, 0.6) is 0 Å². The van der Waals surface area contributed by atoms with Crippen molar-refractivity contribution in [3.8, 4) is 16.8 Å². The molecule has 10 aromatic rings. The fourth-order valence-corrected chi connectivity index (χ4v) is 14.3. The van der Waals surface area contributed by atoms with E-state index in [2.05, 4.69) is 205 Å². The molecule has 0 saturated heterocycles. The molecule has 0 fully saturated rings. The van der Waals surface area contributed by atoms with Gasteiger partial charge >= 0.3 is 0 Å². The maximum Gasteiger partial charge on any atom is 0.179 e. The molecule has 10 rings (SSSR count). The van der Waals surface area contributed by atoms with Crippen LogP contribution in [0.1, 0.15) is 0 Å². The number of hydrogen-bond donors (Lipinski definition) is 0. The second-order valence-corrected chi connectivity index (χ2v) is 18.1. The summed E-state index contributed by atoms with van der Waals surface area (Å²) in [5.41, 5.74) is 6.17. The van der Waals surface area contributed by atoms with Crippen LogP contribution in [0.3, 0.4) is 0 Å². The maximum atomic E-state index is 2.51. The van der Waals surface area contributed by atoms with E-state index in [1.807, 2.05) is 11.3 Å². The molecule has 2 aromatic heterocycles. The van der Waals surface area contributed by atoms with E-state index in [4.69, 9.17) is 0 Å². The van der Waals surface area contributed by atoms with E-state index in [9.17, 15) is 0 Å². The SMILES string of the molecule is c1ccc(-n2c3ccccc3c3cc([Si](c4ccccc4)(c4ccccc4)c4ccc(-c5cccc6c5sc5ccccc56)cc4)ccc32)cc1. The van der Waals surface area contributed by atoms with E-state index in [1.54, 1.807) is 0 Å². The topological polar surface area (TPSA) is 4.93 Å². The average molecular weight is 684 g/mol. The average Bonchev–Trinajstić information content (AvgIpc) is 3.76. The van der Waals surface area contributed by atoms with Crippen molar-refractivity contribution in [1.82, 2.24) is 4.57 Å². The lowest BCUT2D eigenvalue weighted by molar-refractivity contribution is 1.18. The molecule has 0 bridgehead atoms. The van der Waals surface area contributed by atoms with Crippen LogP contribution >= 0.6 is 11.3 Å². The Bertz CT molecular complexity index is 2800. The van der Waals surface area contributed by atoms with Gasteiger partial charge in [0.1, 0.15) is 0 Å². The molecule has 240 valence electrons. The van der Waals surface area contributed by atoms with E-state index < -0.39 is 8.07 Å². The van der Waals surface area contributed by atoms with Crippen molar-refractivity contribution < 1.29 is 0 Å². The van der Waals surface area contributed by atoms with Crippen LogP contribution in [0, 0.1) is 0 Å². The summed E-state index contributed by atoms with van der Waals surface area (Å²) in [7, 11) is -2.79. The molecule has 0 saturated carbocycles. The Labute approximate surface area is 302 Å². The van der Waals surface area contributed by atoms with Crippen LogP contribution in [0.15, 0.2) is 200 Å². The largest absolute Gasteiger partial charge is 0.309 e. The van der Waals surface area contributed by atoms with Crippen molar-refractivity contribution in [2.24, 2.45) is 0 Å². The number of thiophene rings is 1. The van der Waals surface area contributed by atoms with Gasteiger partial charge < -0.3 is 4.57 Å². The minimum absolute atomic E-state index is 1.18. The Kier molecular flexibility index (Phi) is 7.09. The van der Waals surface area contributed by atoms with Crippen molar-refractivity contribution in [1.29, 1.82) is 0 Å². The standard InChI is InChI=1S/C48H33NSSi/c1-4-15-35(16-5-1)49-45-25-12-10-21-41(45)44-33-39(31-32-46(44)49)51(36-17-6-2-7-18-36,37-19-8-3-9-20-37)38-29-27-34(28-30-38)40-23-14-24-43-42-22-11-13-26-47(42)50-48(40)43/h1-33H. The number of rotatable bonds is 6. The van der Waals surface area contributed by atoms with Crippen LogP contribution < -0.4 is 20.7 Å². The summed E-state index contributed by atoms with van der Waals surface area (Å²) in [6.45, 7) is 0. The van der Waals surface area contributed by atoms with Gasteiger partial charge in [-0.3, -0.25) is 0 Å². The van der Waals surface area contributed by atoms with E-state index in [-0.39, 0.29) is 0 Å². The highest BCUT2D eigenvalue weighted by atomic mass is 32.1. The summed E-state index contributed by atoms with van der Waals surface area (Å²) in [5.74, 6) is 0. The monoisotopic (exact) mass is 683 g/mol. The van der Waals surface area contributed by atoms with Gasteiger partial charge in [0, 0.05) is 36.6 Å². The lowest BCUT2D eigenvalue weighted by Gasteiger charge is -2.34. The van der Waals surface area contributed by atoms with Gasteiger partial charge in [-0.15, -0.1) is 11.3 Å². The highest BCUT2D eigenvalue weighted by Gasteiger charge is 2.41. The number of fused-ring (bicyclic) bond motifs is 6. The second-order valence-electron chi connectivity index (χ2n) is 13.3. The smallest absolute Gasteiger partial charge is 0.179 e. The first kappa shape index (κ1) is 29.9. The molecule has 0 radical (unpaired) electrons. The Morgan fingerprint density at radius 1 is 0.373 bits per heavy atom. The lowest BCUT2D eigenvalue weighted by atomic mass is 10.0. The number of aromatic nitrogens is 1. The molecule has 0 atom stereocenters. The molecule has 0 unspecified atom stereocenters. The summed E-state index contributed by atoms with van der Waals surface area (Å²) in [6.07, 6.45) is 0. The third-order valence-electron chi connectivity index (χ3n) is 10.6. The number of nitrogens with zero attached hydrogens (tertiary/aromatic N) is 1. The molecular weight excluding hydrogens is 651 g/mol. The van der Waals surface area contributed by atoms with Gasteiger partial charge in [-0.2, -0.15) is 0 Å². The van der Waals surface area contributed by atoms with Crippen molar-refractivity contribution in [2.45, 2.75) is 0 Å². The summed E-state index contributed by atoms with van der Waals surface area (Å²) in [5, 5.41) is 10.7. The van der Waals surface area contributed by atoms with E-state index in [0.29, 0.717) is 0 Å². The molecule has 1 nitrogen and oxygen atoms in total. The first-order chi connectivity index (χ1) is 25.3. The molecule has 51 heavy (non-hydrogen) atoms. The number of para-hydroxylation sites is 2. The van der Waals surface area contributed by atoms with E-state index >= 15 is 0 Å². The van der Waals surface area contributed by atoms with Gasteiger partial charge in [-0.1, -0.05) is 170 Å². The first-order valence-electron chi connectivity index (χ1n) is 17.5. The fraction of sp³-hybridized carbons (Fsp3) is 0. The van der Waals surface area contributed by atoms with Crippen LogP contribution in [0.2, 0.25) is 0 Å². The zero-order valence-corrected chi connectivity index (χ0v) is 29.7. The fourth-order valence-electron chi connectivity index (χ4n) is 8.31. The summed E-state index contributed by atoms with van der Waals surface area (Å²) in [4.78, 5) is 0. The molecule has 0 aliphatic carbocycles. The van der Waals surface area contributed by atoms with Gasteiger partial charge in [0.25, 0.3) is 0 Å². The minimum atomic E-state index is -2.79. The highest BCUT2D eigenvalue weighted by Crippen LogP contribution is 2.39. The normalized spacial score (nSPS) is 11.9. The Hall–Kier alpha value is -6.00. The molecule has 0 aliphatic heterocycles. The first-order valence-corrected chi connectivity index (χ1v) is 20.3. The Balaban J connectivity index is 1.23. The van der Waals surface area contributed by atoms with E-state index in [1.165, 1.54) is 79.5 Å². The van der Waals surface area contributed by atoms with Crippen molar-refractivity contribution in [2.75, 3.05) is 0 Å². The molecule has 0 aliphatic rings. The quantitative estimate of drug-likeness (QED) is 0.121. The molecular formula is C48H33NSSi. The van der Waals surface area contributed by atoms with E-state index in [0.717, 1.165) is 0 Å². The van der Waals surface area contributed by atoms with Crippen molar-refractivity contribution in [3.63, 3.8) is 0 Å². The van der Waals surface area contributed by atoms with Crippen LogP contribution in [-0.2, 0) is 0 Å². The molecule has 0 amide bonds. The number of hydrogen-bond acceptors (Lipinski definition) is 1. The van der Waals surface area contributed by atoms with Crippen molar-refractivity contribution in [3.05, 3.63) is 200 Å². The Morgan fingerprint density at radius 3 is 1.65 bits per heavy atom. The molecule has 0 N–H and O–H groups in total. The van der Waals surface area contributed by atoms with Crippen LogP contribution in [0.4, 0.5) is 0 Å². The lowest BCUT2D eigenvalue weighted by Crippen LogP contribution is -2.74. The number of benzene rings is 8. The van der Waals surface area contributed by atoms with Gasteiger partial charge in [0.05, 0.1) is 11.0 Å². The van der Waals surface area contributed by atoms with Crippen molar-refractivity contribution >= 4 is 82.1 Å². The summed E-state index contributed by atoms with van der Waals surface area (Å²) in [6, 6.07) is 74.4. The van der Waals surface area contributed by atoms with Gasteiger partial charge in [0.2, 0.25) is 0 Å². The van der Waals surface area contributed by atoms with Crippen LogP contribution in [0.25, 0.3) is 58.8 Å². The maximum absolute atomic E-state index is 2.79. The minimum Gasteiger partial charge on any atom is -0.309 e. The van der Waals surface area contributed by atoms with Gasteiger partial charge in [0.15, 0.2) is 8.07 Å².